The SMILES string of the molecule is CC(N)(CN)C1CCCC1. The Hall–Kier alpha value is -0.0800. The van der Waals surface area contributed by atoms with Crippen LogP contribution in [0, 0.1) is 5.92 Å². The topological polar surface area (TPSA) is 52.0 Å². The molecule has 0 amide bonds. The maximum Gasteiger partial charge on any atom is 0.0278 e. The second-order valence-electron chi connectivity index (χ2n) is 3.69. The zero-order chi connectivity index (χ0) is 7.61. The van der Waals surface area contributed by atoms with Gasteiger partial charge in [-0.05, 0) is 25.7 Å². The molecular formula is C8H18N2. The summed E-state index contributed by atoms with van der Waals surface area (Å²) in [5, 5.41) is 0. The summed E-state index contributed by atoms with van der Waals surface area (Å²) >= 11 is 0. The van der Waals surface area contributed by atoms with Gasteiger partial charge in [0.25, 0.3) is 0 Å². The summed E-state index contributed by atoms with van der Waals surface area (Å²) in [6, 6.07) is 0. The van der Waals surface area contributed by atoms with Gasteiger partial charge in [0.05, 0.1) is 0 Å². The molecule has 0 aromatic heterocycles. The maximum atomic E-state index is 6.00. The average Bonchev–Trinajstić information content (AvgIpc) is 2.38. The van der Waals surface area contributed by atoms with Crippen molar-refractivity contribution in [3.63, 3.8) is 0 Å². The first kappa shape index (κ1) is 8.02. The Bertz CT molecular complexity index is 104. The summed E-state index contributed by atoms with van der Waals surface area (Å²) < 4.78 is 0. The summed E-state index contributed by atoms with van der Waals surface area (Å²) in [6.45, 7) is 2.70. The van der Waals surface area contributed by atoms with Crippen molar-refractivity contribution >= 4 is 0 Å². The molecule has 1 unspecified atom stereocenters. The molecule has 2 nitrogen and oxygen atoms in total. The fourth-order valence-corrected chi connectivity index (χ4v) is 1.75. The van der Waals surface area contributed by atoms with Crippen molar-refractivity contribution in [3.05, 3.63) is 0 Å². The highest BCUT2D eigenvalue weighted by atomic mass is 14.8. The summed E-state index contributed by atoms with van der Waals surface area (Å²) in [5.74, 6) is 0.678. The lowest BCUT2D eigenvalue weighted by Crippen LogP contribution is -2.49. The van der Waals surface area contributed by atoms with E-state index in [1.165, 1.54) is 25.7 Å². The second-order valence-corrected chi connectivity index (χ2v) is 3.69. The van der Waals surface area contributed by atoms with Gasteiger partial charge in [0.15, 0.2) is 0 Å². The van der Waals surface area contributed by atoms with Gasteiger partial charge in [0.2, 0.25) is 0 Å². The van der Waals surface area contributed by atoms with Crippen molar-refractivity contribution in [2.75, 3.05) is 6.54 Å². The smallest absolute Gasteiger partial charge is 0.0278 e. The molecule has 10 heavy (non-hydrogen) atoms. The maximum absolute atomic E-state index is 6.00. The van der Waals surface area contributed by atoms with Crippen LogP contribution in [0.25, 0.3) is 0 Å². The van der Waals surface area contributed by atoms with Crippen LogP contribution in [0.3, 0.4) is 0 Å². The minimum atomic E-state index is -0.101. The Morgan fingerprint density at radius 3 is 2.30 bits per heavy atom. The summed E-state index contributed by atoms with van der Waals surface area (Å²) in [6.07, 6.45) is 5.25. The lowest BCUT2D eigenvalue weighted by atomic mass is 9.85. The monoisotopic (exact) mass is 142 g/mol. The van der Waals surface area contributed by atoms with E-state index in [-0.39, 0.29) is 5.54 Å². The highest BCUT2D eigenvalue weighted by Gasteiger charge is 2.30. The van der Waals surface area contributed by atoms with E-state index in [1.807, 2.05) is 0 Å². The van der Waals surface area contributed by atoms with Crippen LogP contribution < -0.4 is 11.5 Å². The van der Waals surface area contributed by atoms with Gasteiger partial charge < -0.3 is 11.5 Å². The third-order valence-electron chi connectivity index (χ3n) is 2.73. The standard InChI is InChI=1S/C8H18N2/c1-8(10,6-9)7-4-2-3-5-7/h7H,2-6,9-10H2,1H3. The molecule has 0 aromatic carbocycles. The lowest BCUT2D eigenvalue weighted by Gasteiger charge is -2.29. The third-order valence-corrected chi connectivity index (χ3v) is 2.73. The Labute approximate surface area is 63.0 Å². The van der Waals surface area contributed by atoms with Crippen molar-refractivity contribution in [1.82, 2.24) is 0 Å². The van der Waals surface area contributed by atoms with E-state index in [0.29, 0.717) is 12.5 Å². The molecule has 0 aromatic rings. The predicted molar refractivity (Wildman–Crippen MR) is 43.6 cm³/mol. The normalized spacial score (nSPS) is 26.7. The van der Waals surface area contributed by atoms with Crippen molar-refractivity contribution in [2.45, 2.75) is 38.1 Å². The van der Waals surface area contributed by atoms with Gasteiger partial charge in [-0.15, -0.1) is 0 Å². The minimum absolute atomic E-state index is 0.101. The molecule has 1 aliphatic carbocycles. The molecule has 1 atom stereocenters. The van der Waals surface area contributed by atoms with Gasteiger partial charge in [-0.1, -0.05) is 12.8 Å². The Morgan fingerprint density at radius 1 is 1.40 bits per heavy atom. The first-order chi connectivity index (χ1) is 4.67. The van der Waals surface area contributed by atoms with Crippen molar-refractivity contribution < 1.29 is 0 Å². The van der Waals surface area contributed by atoms with Crippen LogP contribution in [0.15, 0.2) is 0 Å². The van der Waals surface area contributed by atoms with Gasteiger partial charge in [0.1, 0.15) is 0 Å². The van der Waals surface area contributed by atoms with Crippen LogP contribution in [0.2, 0.25) is 0 Å². The van der Waals surface area contributed by atoms with Crippen molar-refractivity contribution in [2.24, 2.45) is 17.4 Å². The molecule has 1 aliphatic rings. The first-order valence-corrected chi connectivity index (χ1v) is 4.16. The first-order valence-electron chi connectivity index (χ1n) is 4.16. The van der Waals surface area contributed by atoms with E-state index in [4.69, 9.17) is 11.5 Å². The van der Waals surface area contributed by atoms with E-state index in [0.717, 1.165) is 0 Å². The van der Waals surface area contributed by atoms with Crippen molar-refractivity contribution in [1.29, 1.82) is 0 Å². The quantitative estimate of drug-likeness (QED) is 0.600. The third kappa shape index (κ3) is 1.50. The van der Waals surface area contributed by atoms with Crippen LogP contribution >= 0.6 is 0 Å². The Kier molecular flexibility index (Phi) is 2.32. The predicted octanol–water partition coefficient (Wildman–Crippen LogP) is 0.853. The molecule has 1 rings (SSSR count). The van der Waals surface area contributed by atoms with Crippen LogP contribution in [0.4, 0.5) is 0 Å². The zero-order valence-corrected chi connectivity index (χ0v) is 6.77. The Balaban J connectivity index is 2.45. The molecule has 0 heterocycles. The van der Waals surface area contributed by atoms with Gasteiger partial charge in [0, 0.05) is 12.1 Å². The van der Waals surface area contributed by atoms with Gasteiger partial charge in [-0.3, -0.25) is 0 Å². The van der Waals surface area contributed by atoms with Crippen LogP contribution in [0.5, 0.6) is 0 Å². The number of rotatable bonds is 2. The highest BCUT2D eigenvalue weighted by Crippen LogP contribution is 2.31. The average molecular weight is 142 g/mol. The van der Waals surface area contributed by atoms with E-state index >= 15 is 0 Å². The largest absolute Gasteiger partial charge is 0.329 e. The highest BCUT2D eigenvalue weighted by molar-refractivity contribution is 4.90. The molecular weight excluding hydrogens is 124 g/mol. The van der Waals surface area contributed by atoms with E-state index in [9.17, 15) is 0 Å². The van der Waals surface area contributed by atoms with Gasteiger partial charge in [-0.25, -0.2) is 0 Å². The molecule has 2 heteroatoms. The molecule has 0 radical (unpaired) electrons. The van der Waals surface area contributed by atoms with Crippen LogP contribution in [-0.2, 0) is 0 Å². The lowest BCUT2D eigenvalue weighted by molar-refractivity contribution is 0.308. The van der Waals surface area contributed by atoms with E-state index in [2.05, 4.69) is 6.92 Å². The Morgan fingerprint density at radius 2 is 1.90 bits per heavy atom. The molecule has 0 spiro atoms. The number of hydrogen-bond donors (Lipinski definition) is 2. The van der Waals surface area contributed by atoms with E-state index in [1.54, 1.807) is 0 Å². The summed E-state index contributed by atoms with van der Waals surface area (Å²) in [7, 11) is 0. The summed E-state index contributed by atoms with van der Waals surface area (Å²) in [4.78, 5) is 0. The van der Waals surface area contributed by atoms with Gasteiger partial charge in [-0.2, -0.15) is 0 Å². The fourth-order valence-electron chi connectivity index (χ4n) is 1.75. The molecule has 1 saturated carbocycles. The summed E-state index contributed by atoms with van der Waals surface area (Å²) in [5.41, 5.74) is 11.5. The number of nitrogens with two attached hydrogens (primary N) is 2. The molecule has 1 fully saturated rings. The number of hydrogen-bond acceptors (Lipinski definition) is 2. The molecule has 0 bridgehead atoms. The van der Waals surface area contributed by atoms with Crippen LogP contribution in [0.1, 0.15) is 32.6 Å². The second kappa shape index (κ2) is 2.89. The molecule has 4 N–H and O–H groups in total. The van der Waals surface area contributed by atoms with Gasteiger partial charge >= 0.3 is 0 Å². The van der Waals surface area contributed by atoms with Crippen molar-refractivity contribution in [3.8, 4) is 0 Å². The molecule has 60 valence electrons. The molecule has 0 saturated heterocycles. The zero-order valence-electron chi connectivity index (χ0n) is 6.77. The molecule has 0 aliphatic heterocycles. The fraction of sp³-hybridized carbons (Fsp3) is 1.00. The van der Waals surface area contributed by atoms with E-state index < -0.39 is 0 Å². The minimum Gasteiger partial charge on any atom is -0.329 e. The van der Waals surface area contributed by atoms with Crippen LogP contribution in [-0.4, -0.2) is 12.1 Å².